The minimum atomic E-state index is -0.356. The monoisotopic (exact) mass is 363 g/mol. The summed E-state index contributed by atoms with van der Waals surface area (Å²) in [6, 6.07) is 11.4. The van der Waals surface area contributed by atoms with Crippen LogP contribution in [-0.4, -0.2) is 10.7 Å². The van der Waals surface area contributed by atoms with Crippen molar-refractivity contribution in [1.29, 1.82) is 10.5 Å². The van der Waals surface area contributed by atoms with E-state index >= 15 is 0 Å². The highest BCUT2D eigenvalue weighted by atomic mass is 32.1. The van der Waals surface area contributed by atoms with Crippen LogP contribution in [0.5, 0.6) is 0 Å². The first-order valence-corrected chi connectivity index (χ1v) is 9.29. The second-order valence-corrected chi connectivity index (χ2v) is 6.75. The molecule has 0 fully saturated rings. The number of hydrogen-bond acceptors (Lipinski definition) is 5. The quantitative estimate of drug-likeness (QED) is 0.672. The molecule has 0 aliphatic rings. The smallest absolute Gasteiger partial charge is 0.332 e. The first kappa shape index (κ1) is 17.7. The number of carbonyl (C=O) groups excluding carboxylic acids is 1. The van der Waals surface area contributed by atoms with E-state index < -0.39 is 0 Å². The van der Waals surface area contributed by atoms with Gasteiger partial charge in [0.2, 0.25) is 0 Å². The Morgan fingerprint density at radius 1 is 1.23 bits per heavy atom. The van der Waals surface area contributed by atoms with E-state index in [1.165, 1.54) is 4.73 Å². The Balaban J connectivity index is 2.42. The topological polar surface area (TPSA) is 78.8 Å². The maximum Gasteiger partial charge on any atom is 0.332 e. The van der Waals surface area contributed by atoms with Crippen molar-refractivity contribution in [3.63, 3.8) is 0 Å². The highest BCUT2D eigenvalue weighted by Crippen LogP contribution is 2.37. The molecule has 6 heteroatoms. The second kappa shape index (κ2) is 7.43. The lowest BCUT2D eigenvalue weighted by Gasteiger charge is -2.10. The molecule has 5 nitrogen and oxygen atoms in total. The van der Waals surface area contributed by atoms with E-state index in [0.29, 0.717) is 11.1 Å². The molecule has 3 rings (SSSR count). The van der Waals surface area contributed by atoms with Gasteiger partial charge in [0.15, 0.2) is 0 Å². The van der Waals surface area contributed by atoms with Crippen LogP contribution < -0.4 is 4.84 Å². The van der Waals surface area contributed by atoms with Crippen LogP contribution in [0.15, 0.2) is 29.6 Å². The molecule has 2 aromatic heterocycles. The number of nitrogens with zero attached hydrogens (tertiary/aromatic N) is 3. The predicted octanol–water partition coefficient (Wildman–Crippen LogP) is 4.43. The average molecular weight is 363 g/mol. The predicted molar refractivity (Wildman–Crippen MR) is 101 cm³/mol. The molecule has 0 saturated carbocycles. The van der Waals surface area contributed by atoms with Gasteiger partial charge < -0.3 is 4.84 Å². The van der Waals surface area contributed by atoms with E-state index in [1.54, 1.807) is 30.4 Å². The molecule has 3 aromatic rings. The third-order valence-electron chi connectivity index (χ3n) is 4.15. The van der Waals surface area contributed by atoms with Crippen LogP contribution in [0, 0.1) is 22.7 Å². The van der Waals surface area contributed by atoms with Crippen LogP contribution >= 0.6 is 11.3 Å². The van der Waals surface area contributed by atoms with E-state index in [9.17, 15) is 15.3 Å². The van der Waals surface area contributed by atoms with Crippen LogP contribution in [-0.2, 0) is 11.2 Å². The van der Waals surface area contributed by atoms with Gasteiger partial charge >= 0.3 is 5.97 Å². The lowest BCUT2D eigenvalue weighted by Crippen LogP contribution is -2.19. The van der Waals surface area contributed by atoms with E-state index in [1.807, 2.05) is 17.5 Å². The number of aromatic nitrogens is 1. The SMILES string of the molecule is CCCc1c(-c2cccs2)n(OC(=O)CC)c2cc(C#N)c(C#N)cc12. The van der Waals surface area contributed by atoms with Crippen molar-refractivity contribution in [2.75, 3.05) is 0 Å². The summed E-state index contributed by atoms with van der Waals surface area (Å²) in [5.74, 6) is -0.356. The number of nitriles is 2. The molecule has 0 spiro atoms. The Kier molecular flexibility index (Phi) is 5.06. The molecular formula is C20H17N3O2S. The van der Waals surface area contributed by atoms with Crippen LogP contribution in [0.3, 0.4) is 0 Å². The molecule has 0 N–H and O–H groups in total. The maximum absolute atomic E-state index is 12.0. The molecule has 0 unspecified atom stereocenters. The largest absolute Gasteiger partial charge is 0.336 e. The Labute approximate surface area is 155 Å². The first-order valence-electron chi connectivity index (χ1n) is 8.41. The molecule has 26 heavy (non-hydrogen) atoms. The summed E-state index contributed by atoms with van der Waals surface area (Å²) < 4.78 is 1.53. The lowest BCUT2D eigenvalue weighted by atomic mass is 10.0. The molecule has 0 radical (unpaired) electrons. The van der Waals surface area contributed by atoms with Crippen molar-refractivity contribution in [2.24, 2.45) is 0 Å². The summed E-state index contributed by atoms with van der Waals surface area (Å²) in [7, 11) is 0. The lowest BCUT2D eigenvalue weighted by molar-refractivity contribution is -0.143. The number of fused-ring (bicyclic) bond motifs is 1. The average Bonchev–Trinajstić information content (AvgIpc) is 3.28. The Morgan fingerprint density at radius 3 is 2.54 bits per heavy atom. The van der Waals surface area contributed by atoms with E-state index in [-0.39, 0.29) is 18.0 Å². The van der Waals surface area contributed by atoms with Crippen molar-refractivity contribution in [3.8, 4) is 22.7 Å². The molecule has 0 atom stereocenters. The highest BCUT2D eigenvalue weighted by Gasteiger charge is 2.23. The zero-order valence-electron chi connectivity index (χ0n) is 14.6. The molecule has 0 amide bonds. The number of benzene rings is 1. The third kappa shape index (κ3) is 2.96. The van der Waals surface area contributed by atoms with Gasteiger partial charge in [0.1, 0.15) is 17.8 Å². The van der Waals surface area contributed by atoms with Crippen molar-refractivity contribution in [2.45, 2.75) is 33.1 Å². The van der Waals surface area contributed by atoms with Gasteiger partial charge in [0.25, 0.3) is 0 Å². The first-order chi connectivity index (χ1) is 12.6. The fraction of sp³-hybridized carbons (Fsp3) is 0.250. The van der Waals surface area contributed by atoms with Gasteiger partial charge in [-0.1, -0.05) is 26.3 Å². The van der Waals surface area contributed by atoms with Crippen molar-refractivity contribution >= 4 is 28.2 Å². The van der Waals surface area contributed by atoms with Crippen molar-refractivity contribution in [1.82, 2.24) is 4.73 Å². The van der Waals surface area contributed by atoms with Crippen LogP contribution in [0.4, 0.5) is 0 Å². The third-order valence-corrected chi connectivity index (χ3v) is 5.02. The minimum Gasteiger partial charge on any atom is -0.336 e. The van der Waals surface area contributed by atoms with Gasteiger partial charge in [-0.25, -0.2) is 4.79 Å². The number of aryl methyl sites for hydroxylation is 1. The molecular weight excluding hydrogens is 346 g/mol. The summed E-state index contributed by atoms with van der Waals surface area (Å²) in [5, 5.41) is 21.6. The van der Waals surface area contributed by atoms with Crippen LogP contribution in [0.25, 0.3) is 21.5 Å². The summed E-state index contributed by atoms with van der Waals surface area (Å²) in [6.45, 7) is 3.81. The molecule has 0 bridgehead atoms. The fourth-order valence-electron chi connectivity index (χ4n) is 2.98. The van der Waals surface area contributed by atoms with Crippen molar-refractivity contribution in [3.05, 3.63) is 46.3 Å². The minimum absolute atomic E-state index is 0.244. The van der Waals surface area contributed by atoms with Gasteiger partial charge in [0, 0.05) is 11.8 Å². The highest BCUT2D eigenvalue weighted by molar-refractivity contribution is 7.13. The van der Waals surface area contributed by atoms with E-state index in [4.69, 9.17) is 4.84 Å². The number of rotatable bonds is 5. The van der Waals surface area contributed by atoms with Crippen LogP contribution in [0.1, 0.15) is 43.4 Å². The van der Waals surface area contributed by atoms with E-state index in [2.05, 4.69) is 19.1 Å². The Morgan fingerprint density at radius 2 is 1.96 bits per heavy atom. The standard InChI is InChI=1S/C20H17N3O2S/c1-3-6-15-16-9-13(11-21)14(12-22)10-17(16)23(25-19(24)4-2)20(15)18-7-5-8-26-18/h5,7-10H,3-4,6H2,1-2H3. The molecule has 0 aliphatic carbocycles. The van der Waals surface area contributed by atoms with Gasteiger partial charge in [0.05, 0.1) is 21.5 Å². The zero-order valence-corrected chi connectivity index (χ0v) is 15.4. The number of thiophene rings is 1. The Hall–Kier alpha value is -3.09. The zero-order chi connectivity index (χ0) is 18.7. The van der Waals surface area contributed by atoms with Gasteiger partial charge in [-0.2, -0.15) is 15.3 Å². The maximum atomic E-state index is 12.0. The van der Waals surface area contributed by atoms with Crippen molar-refractivity contribution < 1.29 is 9.63 Å². The van der Waals surface area contributed by atoms with Gasteiger partial charge in [-0.3, -0.25) is 0 Å². The summed E-state index contributed by atoms with van der Waals surface area (Å²) in [4.78, 5) is 18.6. The molecule has 130 valence electrons. The summed E-state index contributed by atoms with van der Waals surface area (Å²) in [5.41, 5.74) is 3.07. The van der Waals surface area contributed by atoms with Gasteiger partial charge in [-0.05, 0) is 35.6 Å². The molecule has 2 heterocycles. The van der Waals surface area contributed by atoms with Gasteiger partial charge in [-0.15, -0.1) is 11.3 Å². The van der Waals surface area contributed by atoms with Crippen LogP contribution in [0.2, 0.25) is 0 Å². The van der Waals surface area contributed by atoms with E-state index in [0.717, 1.165) is 34.4 Å². The molecule has 0 aliphatic heterocycles. The second-order valence-electron chi connectivity index (χ2n) is 5.80. The molecule has 1 aromatic carbocycles. The summed E-state index contributed by atoms with van der Waals surface area (Å²) >= 11 is 1.56. The number of carbonyl (C=O) groups is 1. The normalized spacial score (nSPS) is 10.5. The molecule has 0 saturated heterocycles. The Bertz CT molecular complexity index is 1050. The fourth-order valence-corrected chi connectivity index (χ4v) is 3.76. The summed E-state index contributed by atoms with van der Waals surface area (Å²) in [6.07, 6.45) is 1.92. The number of hydrogen-bond donors (Lipinski definition) is 0.